The zero-order valence-electron chi connectivity index (χ0n) is 11.0. The van der Waals surface area contributed by atoms with Gasteiger partial charge in [-0.25, -0.2) is 4.68 Å². The van der Waals surface area contributed by atoms with Crippen LogP contribution in [0.15, 0.2) is 41.2 Å². The average Bonchev–Trinajstić information content (AvgIpc) is 2.46. The molecule has 0 aliphatic carbocycles. The summed E-state index contributed by atoms with van der Waals surface area (Å²) in [5, 5.41) is 15.2. The van der Waals surface area contributed by atoms with Crippen LogP contribution in [0.3, 0.4) is 0 Å². The molecule has 0 bridgehead atoms. The van der Waals surface area contributed by atoms with E-state index in [4.69, 9.17) is 5.11 Å². The second kappa shape index (κ2) is 6.12. The van der Waals surface area contributed by atoms with E-state index in [0.717, 1.165) is 5.69 Å². The number of rotatable bonds is 4. The monoisotopic (exact) mass is 273 g/mol. The van der Waals surface area contributed by atoms with Crippen LogP contribution in [0.5, 0.6) is 0 Å². The lowest BCUT2D eigenvalue weighted by atomic mass is 10.2. The van der Waals surface area contributed by atoms with Crippen LogP contribution in [0, 0.1) is 6.92 Å². The van der Waals surface area contributed by atoms with Gasteiger partial charge in [-0.15, -0.1) is 0 Å². The van der Waals surface area contributed by atoms with E-state index in [-0.39, 0.29) is 18.8 Å². The molecule has 0 saturated carbocycles. The standard InChI is InChI=1S/C14H15N3O3/c1-10-9-12(19)13(14(20)15-7-8-18)16-17(10)11-5-3-2-4-6-11/h2-6,9,18H,7-8H2,1H3,(H,15,20). The van der Waals surface area contributed by atoms with E-state index in [1.165, 1.54) is 10.7 Å². The van der Waals surface area contributed by atoms with Crippen LogP contribution < -0.4 is 10.7 Å². The lowest BCUT2D eigenvalue weighted by molar-refractivity contribution is 0.0937. The molecule has 20 heavy (non-hydrogen) atoms. The average molecular weight is 273 g/mol. The maximum Gasteiger partial charge on any atom is 0.275 e. The molecule has 2 aromatic rings. The fraction of sp³-hybridized carbons (Fsp3) is 0.214. The maximum absolute atomic E-state index is 11.8. The minimum Gasteiger partial charge on any atom is -0.395 e. The smallest absolute Gasteiger partial charge is 0.275 e. The normalized spacial score (nSPS) is 10.3. The number of aromatic nitrogens is 2. The zero-order valence-corrected chi connectivity index (χ0v) is 11.0. The number of aliphatic hydroxyl groups is 1. The predicted molar refractivity (Wildman–Crippen MR) is 74.0 cm³/mol. The van der Waals surface area contributed by atoms with Crippen LogP contribution in [-0.4, -0.2) is 33.9 Å². The summed E-state index contributed by atoms with van der Waals surface area (Å²) in [6.45, 7) is 1.64. The molecule has 0 atom stereocenters. The molecule has 1 aromatic heterocycles. The molecule has 2 N–H and O–H groups in total. The Hall–Kier alpha value is -2.47. The largest absolute Gasteiger partial charge is 0.395 e. The molecule has 2 rings (SSSR count). The number of aryl methyl sites for hydroxylation is 1. The van der Waals surface area contributed by atoms with E-state index in [1.54, 1.807) is 6.92 Å². The van der Waals surface area contributed by atoms with Gasteiger partial charge in [-0.1, -0.05) is 18.2 Å². The highest BCUT2D eigenvalue weighted by atomic mass is 16.3. The van der Waals surface area contributed by atoms with Gasteiger partial charge < -0.3 is 10.4 Å². The van der Waals surface area contributed by atoms with Gasteiger partial charge in [0.1, 0.15) is 0 Å². The first kappa shape index (κ1) is 14.0. The number of carbonyl (C=O) groups excluding carboxylic acids is 1. The van der Waals surface area contributed by atoms with Crippen molar-refractivity contribution in [3.8, 4) is 5.69 Å². The molecular formula is C14H15N3O3. The third-order valence-corrected chi connectivity index (χ3v) is 2.72. The number of aliphatic hydroxyl groups excluding tert-OH is 1. The SMILES string of the molecule is Cc1cc(=O)c(C(=O)NCCO)nn1-c1ccccc1. The first-order chi connectivity index (χ1) is 9.63. The summed E-state index contributed by atoms with van der Waals surface area (Å²) < 4.78 is 1.54. The number of amides is 1. The van der Waals surface area contributed by atoms with Crippen molar-refractivity contribution in [1.29, 1.82) is 0 Å². The molecule has 0 aliphatic heterocycles. The van der Waals surface area contributed by atoms with E-state index in [1.807, 2.05) is 30.3 Å². The fourth-order valence-electron chi connectivity index (χ4n) is 1.79. The van der Waals surface area contributed by atoms with Crippen molar-refractivity contribution in [2.24, 2.45) is 0 Å². The summed E-state index contributed by atoms with van der Waals surface area (Å²) >= 11 is 0. The minimum absolute atomic E-state index is 0.0825. The number of nitrogens with zero attached hydrogens (tertiary/aromatic N) is 2. The van der Waals surface area contributed by atoms with Crippen molar-refractivity contribution < 1.29 is 9.90 Å². The fourth-order valence-corrected chi connectivity index (χ4v) is 1.79. The number of nitrogens with one attached hydrogen (secondary N) is 1. The third kappa shape index (κ3) is 2.92. The lowest BCUT2D eigenvalue weighted by Crippen LogP contribution is -2.33. The Morgan fingerprint density at radius 2 is 2.05 bits per heavy atom. The Bertz CT molecular complexity index is 665. The summed E-state index contributed by atoms with van der Waals surface area (Å²) in [6, 6.07) is 10.6. The Morgan fingerprint density at radius 1 is 1.35 bits per heavy atom. The number of benzene rings is 1. The van der Waals surface area contributed by atoms with Crippen LogP contribution >= 0.6 is 0 Å². The van der Waals surface area contributed by atoms with Crippen LogP contribution in [0.1, 0.15) is 16.2 Å². The maximum atomic E-state index is 11.8. The molecule has 104 valence electrons. The Labute approximate surface area is 115 Å². The van der Waals surface area contributed by atoms with E-state index < -0.39 is 11.3 Å². The lowest BCUT2D eigenvalue weighted by Gasteiger charge is -2.10. The summed E-state index contributed by atoms with van der Waals surface area (Å²) in [6.07, 6.45) is 0. The quantitative estimate of drug-likeness (QED) is 0.837. The van der Waals surface area contributed by atoms with Gasteiger partial charge in [0, 0.05) is 18.3 Å². The van der Waals surface area contributed by atoms with Gasteiger partial charge in [-0.05, 0) is 19.1 Å². The molecule has 0 radical (unpaired) electrons. The van der Waals surface area contributed by atoms with Gasteiger partial charge >= 0.3 is 0 Å². The Morgan fingerprint density at radius 3 is 2.70 bits per heavy atom. The van der Waals surface area contributed by atoms with Crippen molar-refractivity contribution in [2.45, 2.75) is 6.92 Å². The number of hydrogen-bond donors (Lipinski definition) is 2. The number of para-hydroxylation sites is 1. The Balaban J connectivity index is 2.45. The van der Waals surface area contributed by atoms with Crippen molar-refractivity contribution in [2.75, 3.05) is 13.2 Å². The van der Waals surface area contributed by atoms with E-state index in [9.17, 15) is 9.59 Å². The first-order valence-electron chi connectivity index (χ1n) is 6.19. The van der Waals surface area contributed by atoms with Gasteiger partial charge in [0.2, 0.25) is 5.43 Å². The first-order valence-corrected chi connectivity index (χ1v) is 6.19. The number of hydrogen-bond acceptors (Lipinski definition) is 4. The highest BCUT2D eigenvalue weighted by Gasteiger charge is 2.14. The summed E-state index contributed by atoms with van der Waals surface area (Å²) in [5.41, 5.74) is 0.777. The molecule has 0 aliphatic rings. The molecular weight excluding hydrogens is 258 g/mol. The van der Waals surface area contributed by atoms with Crippen LogP contribution in [-0.2, 0) is 0 Å². The predicted octanol–water partition coefficient (Wildman–Crippen LogP) is 0.263. The van der Waals surface area contributed by atoms with Crippen molar-refractivity contribution in [3.05, 3.63) is 58.0 Å². The van der Waals surface area contributed by atoms with Crippen molar-refractivity contribution in [3.63, 3.8) is 0 Å². The number of carbonyl (C=O) groups is 1. The van der Waals surface area contributed by atoms with E-state index in [0.29, 0.717) is 5.69 Å². The van der Waals surface area contributed by atoms with Gasteiger partial charge in [0.05, 0.1) is 12.3 Å². The molecule has 0 fully saturated rings. The van der Waals surface area contributed by atoms with Crippen LogP contribution in [0.4, 0.5) is 0 Å². The van der Waals surface area contributed by atoms with Crippen molar-refractivity contribution in [1.82, 2.24) is 15.1 Å². The summed E-state index contributed by atoms with van der Waals surface area (Å²) in [5.74, 6) is -0.589. The molecule has 6 heteroatoms. The molecule has 0 unspecified atom stereocenters. The third-order valence-electron chi connectivity index (χ3n) is 2.72. The highest BCUT2D eigenvalue weighted by Crippen LogP contribution is 2.07. The molecule has 6 nitrogen and oxygen atoms in total. The molecule has 1 amide bonds. The van der Waals surface area contributed by atoms with E-state index in [2.05, 4.69) is 10.4 Å². The van der Waals surface area contributed by atoms with Gasteiger partial charge in [0.15, 0.2) is 5.69 Å². The molecule has 1 aromatic carbocycles. The Kier molecular flexibility index (Phi) is 4.27. The zero-order chi connectivity index (χ0) is 14.5. The van der Waals surface area contributed by atoms with Crippen molar-refractivity contribution >= 4 is 5.91 Å². The topological polar surface area (TPSA) is 84.2 Å². The second-order valence-corrected chi connectivity index (χ2v) is 4.23. The molecule has 1 heterocycles. The summed E-state index contributed by atoms with van der Waals surface area (Å²) in [7, 11) is 0. The van der Waals surface area contributed by atoms with Crippen LogP contribution in [0.25, 0.3) is 5.69 Å². The molecule has 0 saturated heterocycles. The van der Waals surface area contributed by atoms with Crippen LogP contribution in [0.2, 0.25) is 0 Å². The molecule has 0 spiro atoms. The summed E-state index contributed by atoms with van der Waals surface area (Å²) in [4.78, 5) is 23.7. The van der Waals surface area contributed by atoms with Gasteiger partial charge in [-0.2, -0.15) is 5.10 Å². The highest BCUT2D eigenvalue weighted by molar-refractivity contribution is 5.92. The minimum atomic E-state index is -0.589. The van der Waals surface area contributed by atoms with Gasteiger partial charge in [-0.3, -0.25) is 9.59 Å². The second-order valence-electron chi connectivity index (χ2n) is 4.23. The van der Waals surface area contributed by atoms with Gasteiger partial charge in [0.25, 0.3) is 5.91 Å². The van der Waals surface area contributed by atoms with E-state index >= 15 is 0 Å².